The molecule has 1 aliphatic heterocycles. The van der Waals surface area contributed by atoms with Gasteiger partial charge >= 0.3 is 0 Å². The van der Waals surface area contributed by atoms with Gasteiger partial charge in [-0.05, 0) is 56.4 Å². The quantitative estimate of drug-likeness (QED) is 0.543. The lowest BCUT2D eigenvalue weighted by Gasteiger charge is -2.34. The molecule has 1 aliphatic carbocycles. The van der Waals surface area contributed by atoms with Crippen molar-refractivity contribution in [2.45, 2.75) is 38.0 Å². The first-order chi connectivity index (χ1) is 16.3. The van der Waals surface area contributed by atoms with Crippen LogP contribution in [0.2, 0.25) is 0 Å². The van der Waals surface area contributed by atoms with Gasteiger partial charge in [0.25, 0.3) is 0 Å². The second kappa shape index (κ2) is 9.94. The largest absolute Gasteiger partial charge is 0.342 e. The molecular weight excluding hydrogens is 410 g/mol. The van der Waals surface area contributed by atoms with Crippen molar-refractivity contribution in [1.82, 2.24) is 19.9 Å². The summed E-state index contributed by atoms with van der Waals surface area (Å²) in [4.78, 5) is 28.9. The summed E-state index contributed by atoms with van der Waals surface area (Å²) in [5.41, 5.74) is 2.89. The van der Waals surface area contributed by atoms with Crippen molar-refractivity contribution >= 4 is 17.4 Å². The average molecular weight is 440 g/mol. The third-order valence-electron chi connectivity index (χ3n) is 6.56. The highest BCUT2D eigenvalue weighted by Gasteiger charge is 2.30. The van der Waals surface area contributed by atoms with Crippen molar-refractivity contribution in [1.29, 1.82) is 0 Å². The number of aromatic nitrogens is 3. The molecule has 1 aromatic carbocycles. The van der Waals surface area contributed by atoms with Crippen molar-refractivity contribution in [2.75, 3.05) is 18.4 Å². The Morgan fingerprint density at radius 1 is 0.939 bits per heavy atom. The van der Waals surface area contributed by atoms with Gasteiger partial charge in [-0.1, -0.05) is 30.4 Å². The third kappa shape index (κ3) is 5.11. The number of hydrogen-bond acceptors (Lipinski definition) is 5. The highest BCUT2D eigenvalue weighted by Crippen LogP contribution is 2.31. The van der Waals surface area contributed by atoms with Crippen LogP contribution in [0, 0.1) is 5.92 Å². The van der Waals surface area contributed by atoms with E-state index in [1.807, 2.05) is 48.5 Å². The third-order valence-corrected chi connectivity index (χ3v) is 6.56. The number of nitrogens with one attached hydrogen (secondary N) is 1. The summed E-state index contributed by atoms with van der Waals surface area (Å²) in [6.07, 6.45) is 12.5. The smallest absolute Gasteiger partial charge is 0.226 e. The highest BCUT2D eigenvalue weighted by molar-refractivity contribution is 5.79. The molecule has 168 valence electrons. The SMILES string of the molecule is O=C([C@@H]1CC=CCC1)N1CCC(c2nc(Nc3ccccc3)cc(-c3ccncc3)n2)CC1. The van der Waals surface area contributed by atoms with Gasteiger partial charge in [-0.15, -0.1) is 0 Å². The fourth-order valence-corrected chi connectivity index (χ4v) is 4.69. The Balaban J connectivity index is 1.35. The molecule has 0 spiro atoms. The molecule has 6 nitrogen and oxygen atoms in total. The topological polar surface area (TPSA) is 71.0 Å². The maximum atomic E-state index is 12.9. The number of nitrogens with zero attached hydrogens (tertiary/aromatic N) is 4. The monoisotopic (exact) mass is 439 g/mol. The fourth-order valence-electron chi connectivity index (χ4n) is 4.69. The number of pyridine rings is 1. The Hall–Kier alpha value is -3.54. The van der Waals surface area contributed by atoms with E-state index in [1.165, 1.54) is 0 Å². The summed E-state index contributed by atoms with van der Waals surface area (Å²) in [5, 5.41) is 3.43. The Labute approximate surface area is 194 Å². The molecule has 0 unspecified atom stereocenters. The molecule has 1 saturated heterocycles. The van der Waals surface area contributed by atoms with Crippen LogP contribution in [0.25, 0.3) is 11.3 Å². The van der Waals surface area contributed by atoms with Gasteiger partial charge in [0.2, 0.25) is 5.91 Å². The van der Waals surface area contributed by atoms with Crippen molar-refractivity contribution in [3.63, 3.8) is 0 Å². The van der Waals surface area contributed by atoms with E-state index in [0.717, 1.165) is 73.8 Å². The van der Waals surface area contributed by atoms with Gasteiger partial charge in [-0.25, -0.2) is 9.97 Å². The summed E-state index contributed by atoms with van der Waals surface area (Å²) in [6, 6.07) is 16.0. The van der Waals surface area contributed by atoms with Crippen LogP contribution in [-0.4, -0.2) is 38.8 Å². The number of benzene rings is 1. The molecule has 0 radical (unpaired) electrons. The number of carbonyl (C=O) groups excluding carboxylic acids is 1. The number of anilines is 2. The Morgan fingerprint density at radius 3 is 2.45 bits per heavy atom. The number of allylic oxidation sites excluding steroid dienone is 2. The lowest BCUT2D eigenvalue weighted by Crippen LogP contribution is -2.41. The minimum atomic E-state index is 0.152. The zero-order valence-corrected chi connectivity index (χ0v) is 18.7. The van der Waals surface area contributed by atoms with Crippen LogP contribution < -0.4 is 5.32 Å². The Morgan fingerprint density at radius 2 is 1.73 bits per heavy atom. The van der Waals surface area contributed by atoms with Crippen LogP contribution in [0.1, 0.15) is 43.8 Å². The summed E-state index contributed by atoms with van der Waals surface area (Å²) < 4.78 is 0. The van der Waals surface area contributed by atoms with E-state index >= 15 is 0 Å². The lowest BCUT2D eigenvalue weighted by atomic mass is 9.90. The van der Waals surface area contributed by atoms with E-state index in [2.05, 4.69) is 27.4 Å². The van der Waals surface area contributed by atoms with Crippen LogP contribution >= 0.6 is 0 Å². The molecule has 0 bridgehead atoms. The summed E-state index contributed by atoms with van der Waals surface area (Å²) >= 11 is 0. The molecule has 1 amide bonds. The molecule has 6 heteroatoms. The standard InChI is InChI=1S/C27H29N5O/c33-27(22-7-3-1-4-8-22)32-17-13-21(14-18-32)26-30-24(20-11-15-28-16-12-20)19-25(31-26)29-23-9-5-2-6-10-23/h1-3,5-6,9-12,15-16,19,21-22H,4,7-8,13-14,17-18H2,(H,29,30,31)/t22-/m1/s1. The van der Waals surface area contributed by atoms with Crippen molar-refractivity contribution in [2.24, 2.45) is 5.92 Å². The van der Waals surface area contributed by atoms with Crippen LogP contribution in [0.4, 0.5) is 11.5 Å². The number of amides is 1. The predicted molar refractivity (Wildman–Crippen MR) is 130 cm³/mol. The summed E-state index contributed by atoms with van der Waals surface area (Å²) in [5.74, 6) is 2.33. The maximum Gasteiger partial charge on any atom is 0.226 e. The van der Waals surface area contributed by atoms with E-state index in [-0.39, 0.29) is 11.8 Å². The van der Waals surface area contributed by atoms with Crippen molar-refractivity contribution in [3.8, 4) is 11.3 Å². The number of para-hydroxylation sites is 1. The number of rotatable bonds is 5. The van der Waals surface area contributed by atoms with Crippen LogP contribution in [0.15, 0.2) is 73.1 Å². The first-order valence-corrected chi connectivity index (χ1v) is 11.8. The molecule has 5 rings (SSSR count). The normalized spacial score (nSPS) is 18.8. The number of likely N-dealkylation sites (tertiary alicyclic amines) is 1. The Kier molecular flexibility index (Phi) is 6.42. The molecule has 0 saturated carbocycles. The van der Waals surface area contributed by atoms with Crippen LogP contribution in [0.5, 0.6) is 0 Å². The predicted octanol–water partition coefficient (Wildman–Crippen LogP) is 5.34. The molecule has 1 fully saturated rings. The zero-order valence-electron chi connectivity index (χ0n) is 18.7. The molecule has 3 aromatic rings. The van der Waals surface area contributed by atoms with Crippen LogP contribution in [-0.2, 0) is 4.79 Å². The van der Waals surface area contributed by atoms with Gasteiger partial charge < -0.3 is 10.2 Å². The minimum absolute atomic E-state index is 0.152. The molecule has 1 atom stereocenters. The van der Waals surface area contributed by atoms with Gasteiger partial charge in [0, 0.05) is 54.6 Å². The average Bonchev–Trinajstić information content (AvgIpc) is 2.90. The first kappa shape index (κ1) is 21.3. The van der Waals surface area contributed by atoms with Crippen LogP contribution in [0.3, 0.4) is 0 Å². The molecule has 2 aromatic heterocycles. The summed E-state index contributed by atoms with van der Waals surface area (Å²) in [7, 11) is 0. The fraction of sp³-hybridized carbons (Fsp3) is 0.333. The second-order valence-corrected chi connectivity index (χ2v) is 8.80. The van der Waals surface area contributed by atoms with Crippen molar-refractivity contribution in [3.05, 3.63) is 78.9 Å². The van der Waals surface area contributed by atoms with E-state index in [0.29, 0.717) is 5.91 Å². The van der Waals surface area contributed by atoms with Crippen molar-refractivity contribution < 1.29 is 4.79 Å². The van der Waals surface area contributed by atoms with E-state index in [1.54, 1.807) is 12.4 Å². The second-order valence-electron chi connectivity index (χ2n) is 8.80. The molecule has 33 heavy (non-hydrogen) atoms. The van der Waals surface area contributed by atoms with Gasteiger partial charge in [-0.2, -0.15) is 0 Å². The zero-order chi connectivity index (χ0) is 22.5. The molecule has 2 aliphatic rings. The number of piperidine rings is 1. The van der Waals surface area contributed by atoms with E-state index in [4.69, 9.17) is 9.97 Å². The Bertz CT molecular complexity index is 1110. The number of carbonyl (C=O) groups is 1. The van der Waals surface area contributed by atoms with E-state index in [9.17, 15) is 4.79 Å². The van der Waals surface area contributed by atoms with E-state index < -0.39 is 0 Å². The van der Waals surface area contributed by atoms with Gasteiger partial charge in [-0.3, -0.25) is 9.78 Å². The molecular formula is C27H29N5O. The molecule has 3 heterocycles. The van der Waals surface area contributed by atoms with Gasteiger partial charge in [0.1, 0.15) is 11.6 Å². The van der Waals surface area contributed by atoms with Gasteiger partial charge in [0.15, 0.2) is 0 Å². The maximum absolute atomic E-state index is 12.9. The lowest BCUT2D eigenvalue weighted by molar-refractivity contribution is -0.136. The summed E-state index contributed by atoms with van der Waals surface area (Å²) in [6.45, 7) is 1.54. The molecule has 1 N–H and O–H groups in total. The number of hydrogen-bond donors (Lipinski definition) is 1. The first-order valence-electron chi connectivity index (χ1n) is 11.8. The van der Waals surface area contributed by atoms with Gasteiger partial charge in [0.05, 0.1) is 5.69 Å². The highest BCUT2D eigenvalue weighted by atomic mass is 16.2. The minimum Gasteiger partial charge on any atom is -0.342 e.